The van der Waals surface area contributed by atoms with Crippen LogP contribution < -0.4 is 5.73 Å². The van der Waals surface area contributed by atoms with Crippen molar-refractivity contribution in [3.63, 3.8) is 0 Å². The summed E-state index contributed by atoms with van der Waals surface area (Å²) < 4.78 is 23.9. The Morgan fingerprint density at radius 2 is 1.65 bits per heavy atom. The van der Waals surface area contributed by atoms with E-state index in [1.807, 2.05) is 0 Å². The topological polar surface area (TPSA) is 172 Å². The lowest BCUT2D eigenvalue weighted by molar-refractivity contribution is -0.272. The highest BCUT2D eigenvalue weighted by atomic mass is 16.7. The number of esters is 1. The van der Waals surface area contributed by atoms with Crippen LogP contribution in [0.4, 0.5) is 0 Å². The van der Waals surface area contributed by atoms with Crippen LogP contribution in [0.15, 0.2) is 0 Å². The highest BCUT2D eigenvalue weighted by Crippen LogP contribution is 2.75. The first-order valence-corrected chi connectivity index (χ1v) is 17.9. The van der Waals surface area contributed by atoms with Gasteiger partial charge >= 0.3 is 5.97 Å². The summed E-state index contributed by atoms with van der Waals surface area (Å²) in [5, 5.41) is 21.3. The van der Waals surface area contributed by atoms with Gasteiger partial charge in [-0.05, 0) is 98.2 Å². The Morgan fingerprint density at radius 1 is 1.04 bits per heavy atom. The van der Waals surface area contributed by atoms with Crippen LogP contribution in [0.5, 0.6) is 0 Å². The second-order valence-electron chi connectivity index (χ2n) is 17.7. The fourth-order valence-electron chi connectivity index (χ4n) is 12.1. The third-order valence-corrected chi connectivity index (χ3v) is 14.5. The average Bonchev–Trinajstić information content (AvgIpc) is 3.17. The van der Waals surface area contributed by atoms with Crippen molar-refractivity contribution in [1.82, 2.24) is 0 Å². The molecular formula is C37H59NO10. The number of hydrogen-bond acceptors (Lipinski definition) is 11. The first kappa shape index (κ1) is 37.5. The minimum atomic E-state index is -1.51. The van der Waals surface area contributed by atoms with Crippen LogP contribution in [0.1, 0.15) is 107 Å². The van der Waals surface area contributed by atoms with Crippen molar-refractivity contribution in [2.24, 2.45) is 51.1 Å². The van der Waals surface area contributed by atoms with E-state index in [4.69, 9.17) is 24.7 Å². The number of aliphatic hydroxyl groups excluding tert-OH is 1. The Bertz CT molecular complexity index is 1280. The first-order chi connectivity index (χ1) is 22.1. The van der Waals surface area contributed by atoms with Gasteiger partial charge in [-0.1, -0.05) is 41.5 Å². The van der Waals surface area contributed by atoms with Gasteiger partial charge in [0.05, 0.1) is 23.3 Å². The van der Waals surface area contributed by atoms with Gasteiger partial charge in [-0.15, -0.1) is 0 Å². The van der Waals surface area contributed by atoms with Crippen LogP contribution in [0.25, 0.3) is 0 Å². The standard InChI is InChI=1S/C37H59NO10/c1-20-18-23(30(33(5,6)44)46-21(2)41)47-28-27(20)36(9)15-14-35(8)25(37(36,38)29(28)43)11-10-24-32(3,4)26(12-13-34(24,35)7)48-31(22(42)19-40)45-17-16-39/h16,19-20,22-28,30-31,42,44H,10-15,17-18,38H2,1-9H3/t20-,22-,23-,24+,25-,26+,27-,28+,30?,31+,34+,35-,36-,37+/m1/s1. The molecule has 11 nitrogen and oxygen atoms in total. The monoisotopic (exact) mass is 677 g/mol. The number of ketones is 1. The third kappa shape index (κ3) is 5.36. The molecule has 0 radical (unpaired) electrons. The molecule has 5 aliphatic rings. The Kier molecular flexibility index (Phi) is 9.75. The van der Waals surface area contributed by atoms with Crippen molar-refractivity contribution < 1.29 is 48.3 Å². The zero-order valence-corrected chi connectivity index (χ0v) is 30.3. The van der Waals surface area contributed by atoms with Crippen molar-refractivity contribution in [3.8, 4) is 0 Å². The largest absolute Gasteiger partial charge is 0.457 e. The number of rotatable bonds is 10. The molecule has 1 aliphatic heterocycles. The van der Waals surface area contributed by atoms with Crippen LogP contribution in [-0.2, 0) is 38.1 Å². The van der Waals surface area contributed by atoms with E-state index in [9.17, 15) is 29.4 Å². The van der Waals surface area contributed by atoms with E-state index in [0.717, 1.165) is 32.1 Å². The van der Waals surface area contributed by atoms with E-state index in [1.165, 1.54) is 6.92 Å². The molecule has 272 valence electrons. The minimum absolute atomic E-state index is 0.0485. The number of carbonyl (C=O) groups is 4. The van der Waals surface area contributed by atoms with Gasteiger partial charge in [0, 0.05) is 12.8 Å². The third-order valence-electron chi connectivity index (χ3n) is 14.5. The van der Waals surface area contributed by atoms with Gasteiger partial charge in [0.25, 0.3) is 0 Å². The van der Waals surface area contributed by atoms with Crippen LogP contribution in [0, 0.1) is 45.3 Å². The second-order valence-corrected chi connectivity index (χ2v) is 17.7. The van der Waals surface area contributed by atoms with Crippen molar-refractivity contribution in [2.75, 3.05) is 6.61 Å². The van der Waals surface area contributed by atoms with Gasteiger partial charge in [0.2, 0.25) is 0 Å². The molecule has 4 saturated carbocycles. The molecule has 11 heteroatoms. The van der Waals surface area contributed by atoms with Crippen LogP contribution in [0.2, 0.25) is 0 Å². The number of aliphatic hydroxyl groups is 2. The minimum Gasteiger partial charge on any atom is -0.457 e. The Hall–Kier alpha value is -1.76. The van der Waals surface area contributed by atoms with Crippen LogP contribution >= 0.6 is 0 Å². The first-order valence-electron chi connectivity index (χ1n) is 17.9. The van der Waals surface area contributed by atoms with E-state index in [1.54, 1.807) is 13.8 Å². The van der Waals surface area contributed by atoms with Gasteiger partial charge in [0.1, 0.15) is 19.0 Å². The van der Waals surface area contributed by atoms with E-state index in [0.29, 0.717) is 25.4 Å². The van der Waals surface area contributed by atoms with E-state index in [2.05, 4.69) is 41.5 Å². The fourth-order valence-corrected chi connectivity index (χ4v) is 12.1. The lowest BCUT2D eigenvalue weighted by Crippen LogP contribution is -2.73. The summed E-state index contributed by atoms with van der Waals surface area (Å²) in [6.45, 7) is 17.6. The molecule has 0 spiro atoms. The van der Waals surface area contributed by atoms with E-state index in [-0.39, 0.29) is 58.4 Å². The normalized spacial score (nSPS) is 45.4. The van der Waals surface area contributed by atoms with Crippen molar-refractivity contribution in [2.45, 2.75) is 155 Å². The predicted molar refractivity (Wildman–Crippen MR) is 175 cm³/mol. The maximum absolute atomic E-state index is 14.9. The molecule has 0 aromatic rings. The molecule has 1 heterocycles. The molecule has 4 aliphatic carbocycles. The summed E-state index contributed by atoms with van der Waals surface area (Å²) in [4.78, 5) is 49.4. The lowest BCUT2D eigenvalue weighted by Gasteiger charge is -2.71. The van der Waals surface area contributed by atoms with Crippen molar-refractivity contribution >= 4 is 24.3 Å². The van der Waals surface area contributed by atoms with E-state index < -0.39 is 53.2 Å². The molecule has 0 bridgehead atoms. The molecule has 1 saturated heterocycles. The smallest absolute Gasteiger partial charge is 0.303 e. The molecule has 5 rings (SSSR count). The van der Waals surface area contributed by atoms with Gasteiger partial charge in [-0.3, -0.25) is 9.59 Å². The molecule has 0 amide bonds. The van der Waals surface area contributed by atoms with Gasteiger partial charge in [-0.25, -0.2) is 0 Å². The number of ether oxygens (including phenoxy) is 4. The Balaban J connectivity index is 1.45. The van der Waals surface area contributed by atoms with Gasteiger partial charge in [-0.2, -0.15) is 0 Å². The Morgan fingerprint density at radius 3 is 2.23 bits per heavy atom. The molecule has 4 N–H and O–H groups in total. The zero-order valence-electron chi connectivity index (χ0n) is 30.3. The number of fused-ring (bicyclic) bond motifs is 7. The summed E-state index contributed by atoms with van der Waals surface area (Å²) in [7, 11) is 0. The van der Waals surface area contributed by atoms with E-state index >= 15 is 0 Å². The van der Waals surface area contributed by atoms with Gasteiger partial charge < -0.3 is 44.5 Å². The summed E-state index contributed by atoms with van der Waals surface area (Å²) in [5.74, 6) is -0.544. The molecular weight excluding hydrogens is 618 g/mol. The quantitative estimate of drug-likeness (QED) is 0.176. The lowest BCUT2D eigenvalue weighted by atomic mass is 9.34. The number of hydrogen-bond donors (Lipinski definition) is 3. The van der Waals surface area contributed by atoms with Crippen molar-refractivity contribution in [1.29, 1.82) is 0 Å². The second kappa shape index (κ2) is 12.5. The predicted octanol–water partition coefficient (Wildman–Crippen LogP) is 3.52. The number of Topliss-reactive ketones (excluding diaryl/α,β-unsaturated/α-hetero) is 1. The number of aldehydes is 2. The highest BCUT2D eigenvalue weighted by molar-refractivity contribution is 5.97. The fraction of sp³-hybridized carbons (Fsp3) is 0.892. The number of nitrogens with two attached hydrogens (primary N) is 1. The summed E-state index contributed by atoms with van der Waals surface area (Å²) in [6.07, 6.45) is 0.780. The SMILES string of the molecule is CC(=O)OC([C@H]1C[C@@H](C)[C@@H]2[C@H](O1)C(=O)[C@@]1(N)[C@@H]3CC[C@H]4C(C)(C)[C@@H](O[C@H](OCC=O)[C@H](O)C=O)CC[C@]4(C)[C@]3(C)CC[C@]21C)C(C)(C)O. The van der Waals surface area contributed by atoms with Crippen molar-refractivity contribution in [3.05, 3.63) is 0 Å². The number of carbonyl (C=O) groups excluding carboxylic acids is 4. The zero-order chi connectivity index (χ0) is 35.8. The molecule has 5 fully saturated rings. The molecule has 0 aromatic heterocycles. The summed E-state index contributed by atoms with van der Waals surface area (Å²) in [5.41, 5.74) is 3.79. The summed E-state index contributed by atoms with van der Waals surface area (Å²) in [6, 6.07) is 0. The maximum Gasteiger partial charge on any atom is 0.303 e. The Labute approximate surface area is 285 Å². The average molecular weight is 678 g/mol. The maximum atomic E-state index is 14.9. The molecule has 48 heavy (non-hydrogen) atoms. The summed E-state index contributed by atoms with van der Waals surface area (Å²) >= 11 is 0. The van der Waals surface area contributed by atoms with Gasteiger partial charge in [0.15, 0.2) is 30.6 Å². The highest BCUT2D eigenvalue weighted by Gasteiger charge is 2.78. The molecule has 0 aromatic carbocycles. The van der Waals surface area contributed by atoms with Crippen LogP contribution in [-0.4, -0.2) is 89.1 Å². The molecule has 14 atom stereocenters. The molecule has 1 unspecified atom stereocenters. The van der Waals surface area contributed by atoms with Crippen LogP contribution in [0.3, 0.4) is 0 Å².